The van der Waals surface area contributed by atoms with Crippen LogP contribution in [-0.2, 0) is 11.2 Å². The molecule has 2 N–H and O–H groups in total. The average molecular weight is 389 g/mol. The van der Waals surface area contributed by atoms with Crippen molar-refractivity contribution in [2.24, 2.45) is 0 Å². The second kappa shape index (κ2) is 7.72. The molecule has 0 spiro atoms. The maximum atomic E-state index is 12.6. The number of hydrogen-bond acceptors (Lipinski definition) is 3. The number of halogens is 2. The summed E-state index contributed by atoms with van der Waals surface area (Å²) in [4.78, 5) is 28.5. The van der Waals surface area contributed by atoms with Crippen LogP contribution in [0.25, 0.3) is 10.9 Å². The van der Waals surface area contributed by atoms with Gasteiger partial charge in [0, 0.05) is 28.0 Å². The molecule has 1 heterocycles. The fourth-order valence-corrected chi connectivity index (χ4v) is 3.12. The lowest BCUT2D eigenvalue weighted by Gasteiger charge is -2.16. The van der Waals surface area contributed by atoms with Crippen molar-refractivity contribution in [3.63, 3.8) is 0 Å². The van der Waals surface area contributed by atoms with Gasteiger partial charge in [-0.3, -0.25) is 9.78 Å². The molecule has 1 atom stereocenters. The Hall–Kier alpha value is -2.63. The molecule has 0 radical (unpaired) electrons. The van der Waals surface area contributed by atoms with E-state index in [9.17, 15) is 14.7 Å². The molecule has 0 aliphatic heterocycles. The number of fused-ring (bicyclic) bond motifs is 1. The number of aliphatic carboxylic acids is 1. The number of nitrogens with zero attached hydrogens (tertiary/aromatic N) is 1. The summed E-state index contributed by atoms with van der Waals surface area (Å²) in [6, 6.07) is 12.4. The Labute approximate surface area is 159 Å². The van der Waals surface area contributed by atoms with Gasteiger partial charge in [0.15, 0.2) is 0 Å². The van der Waals surface area contributed by atoms with E-state index < -0.39 is 17.9 Å². The third-order valence-corrected chi connectivity index (χ3v) is 4.51. The van der Waals surface area contributed by atoms with Gasteiger partial charge in [-0.05, 0) is 29.8 Å². The number of para-hydroxylation sites is 1. The van der Waals surface area contributed by atoms with E-state index >= 15 is 0 Å². The van der Waals surface area contributed by atoms with Crippen molar-refractivity contribution >= 4 is 46.0 Å². The quantitative estimate of drug-likeness (QED) is 0.692. The minimum absolute atomic E-state index is 0.0370. The number of benzene rings is 2. The summed E-state index contributed by atoms with van der Waals surface area (Å²) >= 11 is 12.0. The molecule has 0 aliphatic rings. The van der Waals surface area contributed by atoms with E-state index in [1.807, 2.05) is 12.1 Å². The van der Waals surface area contributed by atoms with Gasteiger partial charge in [-0.15, -0.1) is 0 Å². The normalized spacial score (nSPS) is 11.9. The van der Waals surface area contributed by atoms with Crippen LogP contribution in [0.1, 0.15) is 15.9 Å². The molecular formula is C19H14Cl2N2O3. The van der Waals surface area contributed by atoms with Gasteiger partial charge in [0.1, 0.15) is 6.04 Å². The molecule has 2 aromatic carbocycles. The van der Waals surface area contributed by atoms with Gasteiger partial charge in [0.05, 0.1) is 11.1 Å². The lowest BCUT2D eigenvalue weighted by molar-refractivity contribution is -0.139. The summed E-state index contributed by atoms with van der Waals surface area (Å²) in [5, 5.41) is 13.6. The van der Waals surface area contributed by atoms with Gasteiger partial charge >= 0.3 is 5.97 Å². The number of rotatable bonds is 5. The Morgan fingerprint density at radius 1 is 1.12 bits per heavy atom. The molecule has 1 aromatic heterocycles. The lowest BCUT2D eigenvalue weighted by atomic mass is 10.0. The van der Waals surface area contributed by atoms with Crippen molar-refractivity contribution in [1.82, 2.24) is 10.3 Å². The van der Waals surface area contributed by atoms with E-state index in [4.69, 9.17) is 23.2 Å². The Balaban J connectivity index is 1.85. The van der Waals surface area contributed by atoms with Crippen molar-refractivity contribution in [1.29, 1.82) is 0 Å². The summed E-state index contributed by atoms with van der Waals surface area (Å²) in [7, 11) is 0. The summed E-state index contributed by atoms with van der Waals surface area (Å²) in [6.07, 6.45) is 1.62. The molecule has 3 rings (SSSR count). The second-order valence-electron chi connectivity index (χ2n) is 5.68. The number of aromatic nitrogens is 1. The van der Waals surface area contributed by atoms with Crippen LogP contribution in [0.4, 0.5) is 0 Å². The van der Waals surface area contributed by atoms with Crippen LogP contribution in [-0.4, -0.2) is 28.0 Å². The molecule has 132 valence electrons. The van der Waals surface area contributed by atoms with E-state index in [1.54, 1.807) is 36.5 Å². The fraction of sp³-hybridized carbons (Fsp3) is 0.105. The number of carbonyl (C=O) groups excluding carboxylic acids is 1. The first-order valence-corrected chi connectivity index (χ1v) is 8.52. The largest absolute Gasteiger partial charge is 0.480 e. The minimum Gasteiger partial charge on any atom is -0.480 e. The molecule has 0 unspecified atom stereocenters. The number of pyridine rings is 1. The smallest absolute Gasteiger partial charge is 0.326 e. The standard InChI is InChI=1S/C19H14Cl2N2O3/c20-13-7-6-12(15(21)10-13)9-16(19(25)26)23-18(24)14-5-1-3-11-4-2-8-22-17(11)14/h1-8,10,16H,9H2,(H,23,24)(H,25,26)/t16-/m0/s1. The van der Waals surface area contributed by atoms with Crippen LogP contribution in [0, 0.1) is 0 Å². The van der Waals surface area contributed by atoms with Crippen LogP contribution in [0.15, 0.2) is 54.7 Å². The molecular weight excluding hydrogens is 375 g/mol. The first kappa shape index (κ1) is 18.2. The summed E-state index contributed by atoms with van der Waals surface area (Å²) in [6.45, 7) is 0. The second-order valence-corrected chi connectivity index (χ2v) is 6.53. The Kier molecular flexibility index (Phi) is 5.40. The molecule has 0 fully saturated rings. The van der Waals surface area contributed by atoms with Crippen molar-refractivity contribution < 1.29 is 14.7 Å². The predicted octanol–water partition coefficient (Wildman–Crippen LogP) is 3.97. The van der Waals surface area contributed by atoms with Gasteiger partial charge in [-0.1, -0.05) is 47.5 Å². The maximum absolute atomic E-state index is 12.6. The molecule has 0 aliphatic carbocycles. The predicted molar refractivity (Wildman–Crippen MR) is 101 cm³/mol. The van der Waals surface area contributed by atoms with Gasteiger partial charge in [-0.2, -0.15) is 0 Å². The topological polar surface area (TPSA) is 79.3 Å². The first-order valence-electron chi connectivity index (χ1n) is 7.77. The van der Waals surface area contributed by atoms with E-state index in [0.717, 1.165) is 5.39 Å². The van der Waals surface area contributed by atoms with E-state index in [1.165, 1.54) is 6.07 Å². The van der Waals surface area contributed by atoms with E-state index in [2.05, 4.69) is 10.3 Å². The van der Waals surface area contributed by atoms with Crippen LogP contribution in [0.2, 0.25) is 10.0 Å². The number of nitrogens with one attached hydrogen (secondary N) is 1. The molecule has 5 nitrogen and oxygen atoms in total. The van der Waals surface area contributed by atoms with Crippen LogP contribution in [0.3, 0.4) is 0 Å². The van der Waals surface area contributed by atoms with Crippen molar-refractivity contribution in [2.45, 2.75) is 12.5 Å². The maximum Gasteiger partial charge on any atom is 0.326 e. The van der Waals surface area contributed by atoms with E-state index in [-0.39, 0.29) is 6.42 Å². The zero-order valence-corrected chi connectivity index (χ0v) is 15.0. The van der Waals surface area contributed by atoms with Crippen LogP contribution >= 0.6 is 23.2 Å². The minimum atomic E-state index is -1.16. The zero-order valence-electron chi connectivity index (χ0n) is 13.4. The Morgan fingerprint density at radius 3 is 2.62 bits per heavy atom. The zero-order chi connectivity index (χ0) is 18.7. The first-order chi connectivity index (χ1) is 12.5. The fourth-order valence-electron chi connectivity index (χ4n) is 2.63. The molecule has 26 heavy (non-hydrogen) atoms. The van der Waals surface area contributed by atoms with Crippen molar-refractivity contribution in [3.8, 4) is 0 Å². The Morgan fingerprint density at radius 2 is 1.88 bits per heavy atom. The van der Waals surface area contributed by atoms with Gasteiger partial charge < -0.3 is 10.4 Å². The molecule has 1 amide bonds. The van der Waals surface area contributed by atoms with Gasteiger partial charge in [-0.25, -0.2) is 4.79 Å². The van der Waals surface area contributed by atoms with Crippen molar-refractivity contribution in [2.75, 3.05) is 0 Å². The van der Waals surface area contributed by atoms with Gasteiger partial charge in [0.25, 0.3) is 5.91 Å². The molecule has 0 saturated carbocycles. The number of carbonyl (C=O) groups is 2. The number of amides is 1. The third kappa shape index (κ3) is 3.95. The van der Waals surface area contributed by atoms with Crippen LogP contribution in [0.5, 0.6) is 0 Å². The summed E-state index contributed by atoms with van der Waals surface area (Å²) < 4.78 is 0. The molecule has 7 heteroatoms. The monoisotopic (exact) mass is 388 g/mol. The highest BCUT2D eigenvalue weighted by molar-refractivity contribution is 6.35. The highest BCUT2D eigenvalue weighted by atomic mass is 35.5. The van der Waals surface area contributed by atoms with E-state index in [0.29, 0.717) is 26.7 Å². The Bertz CT molecular complexity index is 986. The number of carboxylic acid groups (broad SMARTS) is 1. The molecule has 3 aromatic rings. The lowest BCUT2D eigenvalue weighted by Crippen LogP contribution is -2.42. The molecule has 0 bridgehead atoms. The van der Waals surface area contributed by atoms with Gasteiger partial charge in [0.2, 0.25) is 0 Å². The number of carboxylic acids is 1. The highest BCUT2D eigenvalue weighted by Gasteiger charge is 2.23. The summed E-state index contributed by atoms with van der Waals surface area (Å²) in [5.74, 6) is -1.66. The summed E-state index contributed by atoms with van der Waals surface area (Å²) in [5.41, 5.74) is 1.41. The molecule has 0 saturated heterocycles. The highest BCUT2D eigenvalue weighted by Crippen LogP contribution is 2.22. The average Bonchev–Trinajstić information content (AvgIpc) is 2.62. The van der Waals surface area contributed by atoms with Crippen LogP contribution < -0.4 is 5.32 Å². The number of hydrogen-bond donors (Lipinski definition) is 2. The third-order valence-electron chi connectivity index (χ3n) is 3.92. The SMILES string of the molecule is O=C(N[C@@H](Cc1ccc(Cl)cc1Cl)C(=O)O)c1cccc2cccnc12. The van der Waals surface area contributed by atoms with Crippen molar-refractivity contribution in [3.05, 3.63) is 75.9 Å².